The quantitative estimate of drug-likeness (QED) is 0.203. The van der Waals surface area contributed by atoms with Crippen LogP contribution in [0.3, 0.4) is 0 Å². The Labute approximate surface area is 171 Å². The van der Waals surface area contributed by atoms with Crippen LogP contribution in [0.4, 0.5) is 0 Å². The highest BCUT2D eigenvalue weighted by atomic mass is 32.3. The highest BCUT2D eigenvalue weighted by Gasteiger charge is 2.24. The number of aromatic hydroxyl groups is 1. The van der Waals surface area contributed by atoms with Crippen molar-refractivity contribution in [3.05, 3.63) is 42.6 Å². The fourth-order valence-corrected chi connectivity index (χ4v) is 3.72. The van der Waals surface area contributed by atoms with Gasteiger partial charge in [0.2, 0.25) is 22.7 Å². The molecule has 10 heteroatoms. The van der Waals surface area contributed by atoms with Crippen molar-refractivity contribution in [1.29, 1.82) is 0 Å². The van der Waals surface area contributed by atoms with Crippen molar-refractivity contribution in [2.45, 2.75) is 0 Å². The van der Waals surface area contributed by atoms with E-state index in [4.69, 9.17) is 31.7 Å². The highest BCUT2D eigenvalue weighted by molar-refractivity contribution is 7.79. The SMILES string of the molecule is COc1ccc2c(c[n+](C)c3c2ccc2ccc4c(c23)OCO4)c1O.O=S(=O)([O-])O. The zero-order chi connectivity index (χ0) is 21.6. The zero-order valence-corrected chi connectivity index (χ0v) is 16.8. The van der Waals surface area contributed by atoms with E-state index in [9.17, 15) is 5.11 Å². The number of hydrogen-bond donors (Lipinski definition) is 2. The third-order valence-electron chi connectivity index (χ3n) is 4.86. The predicted molar refractivity (Wildman–Crippen MR) is 107 cm³/mol. The Balaban J connectivity index is 0.000000393. The molecule has 0 saturated carbocycles. The van der Waals surface area contributed by atoms with Gasteiger partial charge in [-0.25, -0.2) is 8.42 Å². The molecule has 156 valence electrons. The first kappa shape index (κ1) is 20.0. The fourth-order valence-electron chi connectivity index (χ4n) is 3.72. The lowest BCUT2D eigenvalue weighted by Crippen LogP contribution is -2.28. The Morgan fingerprint density at radius 1 is 1.07 bits per heavy atom. The van der Waals surface area contributed by atoms with Crippen LogP contribution in [-0.2, 0) is 17.4 Å². The van der Waals surface area contributed by atoms with Crippen LogP contribution >= 0.6 is 0 Å². The van der Waals surface area contributed by atoms with Crippen LogP contribution < -0.4 is 18.8 Å². The van der Waals surface area contributed by atoms with E-state index in [0.29, 0.717) is 5.75 Å². The van der Waals surface area contributed by atoms with Gasteiger partial charge in [-0.1, -0.05) is 12.1 Å². The number of phenols is 1. The van der Waals surface area contributed by atoms with Crippen LogP contribution in [0.15, 0.2) is 42.6 Å². The molecule has 0 unspecified atom stereocenters. The summed E-state index contributed by atoms with van der Waals surface area (Å²) in [6.45, 7) is 0.236. The number of fused-ring (bicyclic) bond motifs is 7. The second kappa shape index (κ2) is 7.17. The first-order valence-corrected chi connectivity index (χ1v) is 10.1. The largest absolute Gasteiger partial charge is 0.726 e. The zero-order valence-electron chi connectivity index (χ0n) is 15.9. The molecular weight excluding hydrogens is 414 g/mol. The van der Waals surface area contributed by atoms with Crippen molar-refractivity contribution in [3.8, 4) is 23.0 Å². The van der Waals surface area contributed by atoms with E-state index in [1.165, 1.54) is 0 Å². The molecule has 0 spiro atoms. The van der Waals surface area contributed by atoms with Crippen molar-refractivity contribution in [2.24, 2.45) is 7.05 Å². The average Bonchev–Trinajstić information content (AvgIpc) is 3.16. The number of hydrogen-bond acceptors (Lipinski definition) is 7. The fraction of sp³-hybridized carbons (Fsp3) is 0.150. The van der Waals surface area contributed by atoms with Gasteiger partial charge in [-0.3, -0.25) is 4.55 Å². The van der Waals surface area contributed by atoms with Crippen LogP contribution in [0.2, 0.25) is 0 Å². The number of nitrogens with zero attached hydrogens (tertiary/aromatic N) is 1. The summed E-state index contributed by atoms with van der Waals surface area (Å²) in [5.41, 5.74) is 1.04. The summed E-state index contributed by atoms with van der Waals surface area (Å²) in [4.78, 5) is 0. The number of rotatable bonds is 1. The van der Waals surface area contributed by atoms with Gasteiger partial charge in [0, 0.05) is 5.39 Å². The number of ether oxygens (including phenoxy) is 3. The maximum Gasteiger partial charge on any atom is 0.231 e. The highest BCUT2D eigenvalue weighted by Crippen LogP contribution is 2.43. The summed E-state index contributed by atoms with van der Waals surface area (Å²) in [5, 5.41) is 15.4. The average molecular weight is 431 g/mol. The Kier molecular flexibility index (Phi) is 4.77. The lowest BCUT2D eigenvalue weighted by atomic mass is 9.99. The normalized spacial score (nSPS) is 12.8. The molecule has 1 aliphatic heterocycles. The second-order valence-electron chi connectivity index (χ2n) is 6.60. The van der Waals surface area contributed by atoms with Crippen LogP contribution in [0.1, 0.15) is 0 Å². The monoisotopic (exact) mass is 431 g/mol. The molecule has 5 rings (SSSR count). The molecule has 0 saturated heterocycles. The molecule has 0 atom stereocenters. The van der Waals surface area contributed by atoms with Crippen molar-refractivity contribution in [2.75, 3.05) is 13.9 Å². The van der Waals surface area contributed by atoms with Crippen LogP contribution in [0.25, 0.3) is 32.4 Å². The summed E-state index contributed by atoms with van der Waals surface area (Å²) in [6.07, 6.45) is 1.92. The molecule has 2 N–H and O–H groups in total. The third-order valence-corrected chi connectivity index (χ3v) is 4.86. The van der Waals surface area contributed by atoms with E-state index in [1.807, 2.05) is 36.0 Å². The molecule has 0 radical (unpaired) electrons. The van der Waals surface area contributed by atoms with Gasteiger partial charge in [-0.15, -0.1) is 0 Å². The van der Waals surface area contributed by atoms with E-state index in [1.54, 1.807) is 13.2 Å². The van der Waals surface area contributed by atoms with Crippen LogP contribution in [0, 0.1) is 0 Å². The molecule has 2 heterocycles. The van der Waals surface area contributed by atoms with Gasteiger partial charge in [0.15, 0.2) is 29.2 Å². The molecule has 1 aromatic heterocycles. The number of phenolic OH excluding ortho intramolecular Hbond substituents is 1. The molecule has 4 aromatic rings. The Bertz CT molecular complexity index is 1410. The topological polar surface area (TPSA) is 129 Å². The number of methoxy groups -OCH3 is 1. The van der Waals surface area contributed by atoms with Gasteiger partial charge in [-0.2, -0.15) is 4.57 Å². The number of aryl methyl sites for hydroxylation is 1. The van der Waals surface area contributed by atoms with Crippen molar-refractivity contribution >= 4 is 42.8 Å². The second-order valence-corrected chi connectivity index (χ2v) is 7.46. The molecular formula is C20H17NO8S. The number of pyridine rings is 1. The summed E-state index contributed by atoms with van der Waals surface area (Å²) in [6, 6.07) is 11.9. The summed E-state index contributed by atoms with van der Waals surface area (Å²) in [7, 11) is -1.40. The van der Waals surface area contributed by atoms with Crippen LogP contribution in [0.5, 0.6) is 23.0 Å². The Hall–Kier alpha value is -3.34. The maximum absolute atomic E-state index is 10.5. The van der Waals surface area contributed by atoms with Gasteiger partial charge >= 0.3 is 0 Å². The van der Waals surface area contributed by atoms with Gasteiger partial charge in [0.25, 0.3) is 0 Å². The molecule has 0 bridgehead atoms. The van der Waals surface area contributed by atoms with E-state index < -0.39 is 10.4 Å². The lowest BCUT2D eigenvalue weighted by molar-refractivity contribution is -0.642. The summed E-state index contributed by atoms with van der Waals surface area (Å²) < 4.78 is 51.4. The van der Waals surface area contributed by atoms with Crippen LogP contribution in [-0.4, -0.2) is 36.5 Å². The Morgan fingerprint density at radius 2 is 1.73 bits per heavy atom. The van der Waals surface area contributed by atoms with E-state index >= 15 is 0 Å². The standard InChI is InChI=1S/C20H15NO4.H2O4S/c1-21-9-14-12(6-8-15(23-2)19(14)22)13-5-3-11-4-7-16-20(25-10-24-16)17(11)18(13)21;1-5(2,3)4/h3-9H,10H2,1-2H3;(H2,1,2,3,4). The predicted octanol–water partition coefficient (Wildman–Crippen LogP) is 2.42. The summed E-state index contributed by atoms with van der Waals surface area (Å²) in [5.74, 6) is 2.15. The van der Waals surface area contributed by atoms with Gasteiger partial charge in [-0.05, 0) is 29.7 Å². The lowest BCUT2D eigenvalue weighted by Gasteiger charge is -2.10. The molecule has 0 aliphatic carbocycles. The molecule has 0 fully saturated rings. The summed E-state index contributed by atoms with van der Waals surface area (Å²) >= 11 is 0. The van der Waals surface area contributed by atoms with Crippen molar-refractivity contribution < 1.29 is 41.4 Å². The van der Waals surface area contributed by atoms with Gasteiger partial charge < -0.3 is 23.9 Å². The van der Waals surface area contributed by atoms with E-state index in [-0.39, 0.29) is 12.5 Å². The third kappa shape index (κ3) is 3.41. The van der Waals surface area contributed by atoms with E-state index in [2.05, 4.69) is 12.1 Å². The number of aromatic nitrogens is 1. The first-order chi connectivity index (χ1) is 14.2. The Morgan fingerprint density at radius 3 is 2.43 bits per heavy atom. The molecule has 3 aromatic carbocycles. The molecule has 1 aliphatic rings. The molecule has 30 heavy (non-hydrogen) atoms. The minimum atomic E-state index is -4.92. The minimum absolute atomic E-state index is 0.149. The van der Waals surface area contributed by atoms with E-state index in [0.717, 1.165) is 43.9 Å². The minimum Gasteiger partial charge on any atom is -0.726 e. The molecule has 0 amide bonds. The number of benzene rings is 3. The van der Waals surface area contributed by atoms with Crippen molar-refractivity contribution in [3.63, 3.8) is 0 Å². The maximum atomic E-state index is 10.5. The van der Waals surface area contributed by atoms with Gasteiger partial charge in [0.05, 0.1) is 17.9 Å². The smallest absolute Gasteiger partial charge is 0.231 e. The van der Waals surface area contributed by atoms with Crippen molar-refractivity contribution in [1.82, 2.24) is 0 Å². The first-order valence-electron chi connectivity index (χ1n) is 8.70. The molecule has 9 nitrogen and oxygen atoms in total. The van der Waals surface area contributed by atoms with Gasteiger partial charge in [0.1, 0.15) is 12.4 Å².